The van der Waals surface area contributed by atoms with E-state index >= 15 is 0 Å². The Morgan fingerprint density at radius 3 is 2.50 bits per heavy atom. The van der Waals surface area contributed by atoms with E-state index in [2.05, 4.69) is 0 Å². The molecule has 0 aromatic heterocycles. The lowest BCUT2D eigenvalue weighted by Gasteiger charge is -2.30. The van der Waals surface area contributed by atoms with E-state index < -0.39 is 0 Å². The van der Waals surface area contributed by atoms with Crippen molar-refractivity contribution in [1.29, 1.82) is 0 Å². The molecule has 2 aromatic carbocycles. The second-order valence-corrected chi connectivity index (χ2v) is 7.36. The first-order valence-electron chi connectivity index (χ1n) is 8.89. The number of nitrogens with zero attached hydrogens (tertiary/aromatic N) is 1. The summed E-state index contributed by atoms with van der Waals surface area (Å²) in [6.45, 7) is 1.37. The van der Waals surface area contributed by atoms with Gasteiger partial charge in [0.1, 0.15) is 0 Å². The number of ether oxygens (including phenoxy) is 2. The molecule has 0 radical (unpaired) electrons. The molecule has 1 saturated carbocycles. The Hall–Kier alpha value is -2.20. The molecule has 0 bridgehead atoms. The van der Waals surface area contributed by atoms with Crippen LogP contribution in [0.2, 0.25) is 5.02 Å². The minimum Gasteiger partial charge on any atom is -0.493 e. The number of hydrogen-bond acceptors (Lipinski definition) is 3. The summed E-state index contributed by atoms with van der Waals surface area (Å²) in [7, 11) is 3.28. The molecule has 26 heavy (non-hydrogen) atoms. The van der Waals surface area contributed by atoms with Gasteiger partial charge in [0.2, 0.25) is 5.91 Å². The molecule has 1 amide bonds. The standard InChI is InChI=1S/C21H22ClNO3/c1-25-19-9-13-7-8-23(12-14(13)10-20(19)26-2)21(24)17-11-16(17)15-5-3-4-6-18(15)22/h3-6,9-10,16-17H,7-8,11-12H2,1-2H3. The third kappa shape index (κ3) is 3.03. The van der Waals surface area contributed by atoms with Crippen molar-refractivity contribution in [2.24, 2.45) is 5.92 Å². The van der Waals surface area contributed by atoms with E-state index in [-0.39, 0.29) is 17.7 Å². The van der Waals surface area contributed by atoms with Crippen molar-refractivity contribution in [3.8, 4) is 11.5 Å². The normalized spacial score (nSPS) is 21.1. The highest BCUT2D eigenvalue weighted by Gasteiger charge is 2.46. The van der Waals surface area contributed by atoms with E-state index in [9.17, 15) is 4.79 Å². The van der Waals surface area contributed by atoms with Gasteiger partial charge in [0.05, 0.1) is 14.2 Å². The third-order valence-corrected chi connectivity index (χ3v) is 5.79. The highest BCUT2D eigenvalue weighted by molar-refractivity contribution is 6.31. The maximum Gasteiger partial charge on any atom is 0.226 e. The van der Waals surface area contributed by atoms with Gasteiger partial charge >= 0.3 is 0 Å². The SMILES string of the molecule is COc1cc2c(cc1OC)CN(C(=O)C1CC1c1ccccc1Cl)CC2. The van der Waals surface area contributed by atoms with Crippen LogP contribution in [-0.4, -0.2) is 31.6 Å². The zero-order chi connectivity index (χ0) is 18.3. The molecule has 0 spiro atoms. The number of benzene rings is 2. The summed E-state index contributed by atoms with van der Waals surface area (Å²) in [6, 6.07) is 11.9. The van der Waals surface area contributed by atoms with E-state index in [1.807, 2.05) is 41.3 Å². The predicted molar refractivity (Wildman–Crippen MR) is 101 cm³/mol. The van der Waals surface area contributed by atoms with Crippen LogP contribution in [0.4, 0.5) is 0 Å². The van der Waals surface area contributed by atoms with Crippen LogP contribution in [0.3, 0.4) is 0 Å². The first kappa shape index (κ1) is 17.2. The summed E-state index contributed by atoms with van der Waals surface area (Å²) in [6.07, 6.45) is 1.72. The van der Waals surface area contributed by atoms with Crippen LogP contribution in [0, 0.1) is 5.92 Å². The van der Waals surface area contributed by atoms with E-state index in [0.717, 1.165) is 41.3 Å². The van der Waals surface area contributed by atoms with Gasteiger partial charge in [0.15, 0.2) is 11.5 Å². The van der Waals surface area contributed by atoms with Gasteiger partial charge in [-0.3, -0.25) is 4.79 Å². The Balaban J connectivity index is 1.49. The van der Waals surface area contributed by atoms with Crippen molar-refractivity contribution < 1.29 is 14.3 Å². The highest BCUT2D eigenvalue weighted by Crippen LogP contribution is 2.50. The Morgan fingerprint density at radius 2 is 1.81 bits per heavy atom. The molecule has 0 saturated heterocycles. The van der Waals surface area contributed by atoms with E-state index in [1.165, 1.54) is 5.56 Å². The molecule has 4 nitrogen and oxygen atoms in total. The van der Waals surface area contributed by atoms with E-state index in [4.69, 9.17) is 21.1 Å². The van der Waals surface area contributed by atoms with Crippen LogP contribution >= 0.6 is 11.6 Å². The quantitative estimate of drug-likeness (QED) is 0.814. The van der Waals surface area contributed by atoms with Gasteiger partial charge in [-0.15, -0.1) is 0 Å². The Bertz CT molecular complexity index is 851. The number of carbonyl (C=O) groups excluding carboxylic acids is 1. The van der Waals surface area contributed by atoms with Crippen LogP contribution in [-0.2, 0) is 17.8 Å². The van der Waals surface area contributed by atoms with Crippen molar-refractivity contribution in [3.63, 3.8) is 0 Å². The van der Waals surface area contributed by atoms with Gasteiger partial charge in [-0.1, -0.05) is 29.8 Å². The summed E-state index contributed by atoms with van der Waals surface area (Å²) in [4.78, 5) is 14.9. The number of fused-ring (bicyclic) bond motifs is 1. The van der Waals surface area contributed by atoms with Crippen molar-refractivity contribution in [2.75, 3.05) is 20.8 Å². The zero-order valence-electron chi connectivity index (χ0n) is 15.0. The fourth-order valence-electron chi connectivity index (χ4n) is 3.89. The summed E-state index contributed by atoms with van der Waals surface area (Å²) in [5, 5.41) is 0.758. The minimum absolute atomic E-state index is 0.0524. The number of hydrogen-bond donors (Lipinski definition) is 0. The third-order valence-electron chi connectivity index (χ3n) is 5.44. The molecule has 0 N–H and O–H groups in total. The molecule has 2 aromatic rings. The molecule has 1 fully saturated rings. The maximum absolute atomic E-state index is 13.0. The number of methoxy groups -OCH3 is 2. The van der Waals surface area contributed by atoms with Gasteiger partial charge in [-0.25, -0.2) is 0 Å². The van der Waals surface area contributed by atoms with Gasteiger partial charge in [0, 0.05) is 24.0 Å². The average Bonchev–Trinajstić information content (AvgIpc) is 3.46. The molecule has 1 heterocycles. The first-order valence-corrected chi connectivity index (χ1v) is 9.27. The molecule has 1 aliphatic heterocycles. The molecule has 136 valence electrons. The molecular formula is C21H22ClNO3. The van der Waals surface area contributed by atoms with E-state index in [0.29, 0.717) is 12.3 Å². The van der Waals surface area contributed by atoms with Crippen LogP contribution < -0.4 is 9.47 Å². The highest BCUT2D eigenvalue weighted by atomic mass is 35.5. The van der Waals surface area contributed by atoms with Crippen LogP contribution in [0.1, 0.15) is 29.0 Å². The number of rotatable bonds is 4. The average molecular weight is 372 g/mol. The van der Waals surface area contributed by atoms with Gasteiger partial charge in [-0.2, -0.15) is 0 Å². The van der Waals surface area contributed by atoms with Crippen molar-refractivity contribution >= 4 is 17.5 Å². The summed E-state index contributed by atoms with van der Waals surface area (Å²) < 4.78 is 10.8. The molecule has 2 unspecified atom stereocenters. The van der Waals surface area contributed by atoms with Crippen molar-refractivity contribution in [3.05, 3.63) is 58.1 Å². The topological polar surface area (TPSA) is 38.8 Å². The number of halogens is 1. The van der Waals surface area contributed by atoms with Crippen LogP contribution in [0.5, 0.6) is 11.5 Å². The smallest absolute Gasteiger partial charge is 0.226 e. The first-order chi connectivity index (χ1) is 12.6. The maximum atomic E-state index is 13.0. The lowest BCUT2D eigenvalue weighted by atomic mass is 9.98. The summed E-state index contributed by atoms with van der Waals surface area (Å²) >= 11 is 6.29. The minimum atomic E-state index is 0.0524. The zero-order valence-corrected chi connectivity index (χ0v) is 15.8. The van der Waals surface area contributed by atoms with Crippen LogP contribution in [0.25, 0.3) is 0 Å². The van der Waals surface area contributed by atoms with E-state index in [1.54, 1.807) is 14.2 Å². The van der Waals surface area contributed by atoms with Gasteiger partial charge in [-0.05, 0) is 53.6 Å². The second-order valence-electron chi connectivity index (χ2n) is 6.96. The van der Waals surface area contributed by atoms with Gasteiger partial charge < -0.3 is 14.4 Å². The fraction of sp³-hybridized carbons (Fsp3) is 0.381. The van der Waals surface area contributed by atoms with Gasteiger partial charge in [0.25, 0.3) is 0 Å². The molecule has 1 aliphatic carbocycles. The number of amides is 1. The Kier molecular flexibility index (Phi) is 4.53. The lowest BCUT2D eigenvalue weighted by molar-refractivity contribution is -0.133. The number of carbonyl (C=O) groups is 1. The predicted octanol–water partition coefficient (Wildman–Crippen LogP) is 4.05. The largest absolute Gasteiger partial charge is 0.493 e. The Morgan fingerprint density at radius 1 is 1.12 bits per heavy atom. The molecule has 2 aliphatic rings. The fourth-order valence-corrected chi connectivity index (χ4v) is 4.17. The summed E-state index contributed by atoms with van der Waals surface area (Å²) in [5.74, 6) is 1.99. The second kappa shape index (κ2) is 6.84. The molecule has 5 heteroatoms. The lowest BCUT2D eigenvalue weighted by Crippen LogP contribution is -2.37. The Labute approximate surface area is 158 Å². The summed E-state index contributed by atoms with van der Waals surface area (Å²) in [5.41, 5.74) is 3.46. The molecular weight excluding hydrogens is 350 g/mol. The van der Waals surface area contributed by atoms with Crippen molar-refractivity contribution in [1.82, 2.24) is 4.90 Å². The van der Waals surface area contributed by atoms with Crippen molar-refractivity contribution in [2.45, 2.75) is 25.3 Å². The molecule has 2 atom stereocenters. The molecule has 4 rings (SSSR count). The monoisotopic (exact) mass is 371 g/mol. The van der Waals surface area contributed by atoms with Crippen LogP contribution in [0.15, 0.2) is 36.4 Å².